The highest BCUT2D eigenvalue weighted by molar-refractivity contribution is 9.10. The lowest BCUT2D eigenvalue weighted by atomic mass is 10.2. The van der Waals surface area contributed by atoms with E-state index in [1.54, 1.807) is 18.3 Å². The molecule has 5 heteroatoms. The molecular formula is C20H18BrN3O. The minimum atomic E-state index is -0.154. The minimum Gasteiger partial charge on any atom is -0.355 e. The first-order valence-corrected chi connectivity index (χ1v) is 8.69. The fourth-order valence-electron chi connectivity index (χ4n) is 2.44. The summed E-state index contributed by atoms with van der Waals surface area (Å²) in [6, 6.07) is 21.2. The molecule has 126 valence electrons. The molecule has 0 saturated heterocycles. The van der Waals surface area contributed by atoms with Gasteiger partial charge >= 0.3 is 0 Å². The molecule has 0 aliphatic carbocycles. The maximum absolute atomic E-state index is 12.5. The van der Waals surface area contributed by atoms with Crippen LogP contribution in [0.2, 0.25) is 0 Å². The monoisotopic (exact) mass is 395 g/mol. The van der Waals surface area contributed by atoms with Crippen molar-refractivity contribution in [2.45, 2.75) is 6.54 Å². The summed E-state index contributed by atoms with van der Waals surface area (Å²) in [4.78, 5) is 18.9. The summed E-state index contributed by atoms with van der Waals surface area (Å²) in [6.07, 6.45) is 1.66. The lowest BCUT2D eigenvalue weighted by Crippen LogP contribution is -2.19. The van der Waals surface area contributed by atoms with Crippen LogP contribution >= 0.6 is 15.9 Å². The highest BCUT2D eigenvalue weighted by Crippen LogP contribution is 2.17. The summed E-state index contributed by atoms with van der Waals surface area (Å²) in [6.45, 7) is 0.728. The van der Waals surface area contributed by atoms with E-state index in [9.17, 15) is 4.79 Å². The van der Waals surface area contributed by atoms with Crippen molar-refractivity contribution < 1.29 is 4.79 Å². The number of carbonyl (C=O) groups is 1. The van der Waals surface area contributed by atoms with Gasteiger partial charge in [-0.25, -0.2) is 4.98 Å². The number of nitrogens with one attached hydrogen (secondary N) is 1. The Bertz CT molecular complexity index is 850. The zero-order chi connectivity index (χ0) is 17.6. The zero-order valence-electron chi connectivity index (χ0n) is 13.8. The van der Waals surface area contributed by atoms with Crippen molar-refractivity contribution in [1.82, 2.24) is 4.98 Å². The molecule has 0 bridgehead atoms. The van der Waals surface area contributed by atoms with Gasteiger partial charge in [-0.05, 0) is 42.0 Å². The number of benzene rings is 2. The Labute approximate surface area is 155 Å². The maximum Gasteiger partial charge on any atom is 0.255 e. The number of halogens is 1. The first-order valence-electron chi connectivity index (χ1n) is 7.90. The summed E-state index contributed by atoms with van der Waals surface area (Å²) >= 11 is 3.38. The molecule has 1 heterocycles. The van der Waals surface area contributed by atoms with Crippen LogP contribution in [-0.2, 0) is 6.54 Å². The summed E-state index contributed by atoms with van der Waals surface area (Å²) in [5.74, 6) is 0.603. The SMILES string of the molecule is CN(Cc1ccccc1)c1cc(C(=O)Nc2ccc(Br)cc2)ccn1. The van der Waals surface area contributed by atoms with Crippen molar-refractivity contribution in [3.8, 4) is 0 Å². The van der Waals surface area contributed by atoms with E-state index in [0.717, 1.165) is 22.5 Å². The van der Waals surface area contributed by atoms with Gasteiger partial charge in [-0.15, -0.1) is 0 Å². The first-order chi connectivity index (χ1) is 12.1. The van der Waals surface area contributed by atoms with Crippen molar-refractivity contribution >= 4 is 33.3 Å². The van der Waals surface area contributed by atoms with Gasteiger partial charge in [-0.2, -0.15) is 0 Å². The summed E-state index contributed by atoms with van der Waals surface area (Å²) in [5.41, 5.74) is 2.52. The molecule has 2 aromatic carbocycles. The van der Waals surface area contributed by atoms with Gasteiger partial charge in [-0.1, -0.05) is 46.3 Å². The van der Waals surface area contributed by atoms with E-state index in [4.69, 9.17) is 0 Å². The van der Waals surface area contributed by atoms with Crippen molar-refractivity contribution in [3.05, 3.63) is 88.5 Å². The number of hydrogen-bond acceptors (Lipinski definition) is 3. The first kappa shape index (κ1) is 17.2. The van der Waals surface area contributed by atoms with E-state index in [0.29, 0.717) is 5.56 Å². The van der Waals surface area contributed by atoms with Crippen LogP contribution in [-0.4, -0.2) is 17.9 Å². The van der Waals surface area contributed by atoms with Crippen molar-refractivity contribution in [2.75, 3.05) is 17.3 Å². The lowest BCUT2D eigenvalue weighted by molar-refractivity contribution is 0.102. The van der Waals surface area contributed by atoms with Crippen molar-refractivity contribution in [2.24, 2.45) is 0 Å². The number of hydrogen-bond donors (Lipinski definition) is 1. The Morgan fingerprint density at radius 3 is 2.52 bits per heavy atom. The number of anilines is 2. The largest absolute Gasteiger partial charge is 0.355 e. The van der Waals surface area contributed by atoms with Gasteiger partial charge in [0.15, 0.2) is 0 Å². The van der Waals surface area contributed by atoms with Crippen LogP contribution in [0.4, 0.5) is 11.5 Å². The second kappa shape index (κ2) is 7.94. The normalized spacial score (nSPS) is 10.3. The lowest BCUT2D eigenvalue weighted by Gasteiger charge is -2.18. The molecule has 0 aliphatic rings. The molecule has 0 saturated carbocycles. The Hall–Kier alpha value is -2.66. The maximum atomic E-state index is 12.5. The summed E-state index contributed by atoms with van der Waals surface area (Å²) in [7, 11) is 1.96. The van der Waals surface area contributed by atoms with Crippen LogP contribution in [0.5, 0.6) is 0 Å². The van der Waals surface area contributed by atoms with Crippen LogP contribution in [0.1, 0.15) is 15.9 Å². The molecule has 3 aromatic rings. The molecular weight excluding hydrogens is 378 g/mol. The standard InChI is InChI=1S/C20H18BrN3O/c1-24(14-15-5-3-2-4-6-15)19-13-16(11-12-22-19)20(25)23-18-9-7-17(21)8-10-18/h2-13H,14H2,1H3,(H,23,25). The molecule has 0 fully saturated rings. The minimum absolute atomic E-state index is 0.154. The summed E-state index contributed by atoms with van der Waals surface area (Å²) < 4.78 is 0.972. The molecule has 0 atom stereocenters. The summed E-state index contributed by atoms with van der Waals surface area (Å²) in [5, 5.41) is 2.90. The highest BCUT2D eigenvalue weighted by atomic mass is 79.9. The average Bonchev–Trinajstić information content (AvgIpc) is 2.64. The van der Waals surface area contributed by atoms with Crippen LogP contribution in [0.15, 0.2) is 77.4 Å². The zero-order valence-corrected chi connectivity index (χ0v) is 15.4. The number of rotatable bonds is 5. The molecule has 25 heavy (non-hydrogen) atoms. The van der Waals surface area contributed by atoms with Gasteiger partial charge in [0.2, 0.25) is 0 Å². The molecule has 1 N–H and O–H groups in total. The number of carbonyl (C=O) groups excluding carboxylic acids is 1. The number of amides is 1. The predicted octanol–water partition coefficient (Wildman–Crippen LogP) is 4.73. The number of aromatic nitrogens is 1. The Kier molecular flexibility index (Phi) is 5.46. The smallest absolute Gasteiger partial charge is 0.255 e. The Morgan fingerprint density at radius 1 is 1.08 bits per heavy atom. The van der Waals surface area contributed by atoms with Crippen LogP contribution in [0, 0.1) is 0 Å². The molecule has 0 aliphatic heterocycles. The fraction of sp³-hybridized carbons (Fsp3) is 0.100. The van der Waals surface area contributed by atoms with E-state index >= 15 is 0 Å². The second-order valence-electron chi connectivity index (χ2n) is 5.71. The molecule has 0 spiro atoms. The topological polar surface area (TPSA) is 45.2 Å². The van der Waals surface area contributed by atoms with Crippen molar-refractivity contribution in [1.29, 1.82) is 0 Å². The van der Waals surface area contributed by atoms with Crippen LogP contribution < -0.4 is 10.2 Å². The van der Waals surface area contributed by atoms with Gasteiger partial charge in [-0.3, -0.25) is 4.79 Å². The van der Waals surface area contributed by atoms with E-state index in [1.165, 1.54) is 5.56 Å². The highest BCUT2D eigenvalue weighted by Gasteiger charge is 2.10. The molecule has 0 unspecified atom stereocenters. The van der Waals surface area contributed by atoms with Gasteiger partial charge < -0.3 is 10.2 Å². The molecule has 1 aromatic heterocycles. The van der Waals surface area contributed by atoms with Crippen molar-refractivity contribution in [3.63, 3.8) is 0 Å². The number of nitrogens with zero attached hydrogens (tertiary/aromatic N) is 2. The molecule has 4 nitrogen and oxygen atoms in total. The Balaban J connectivity index is 1.72. The third-order valence-corrected chi connectivity index (χ3v) is 4.29. The molecule has 0 radical (unpaired) electrons. The quantitative estimate of drug-likeness (QED) is 0.678. The fourth-order valence-corrected chi connectivity index (χ4v) is 2.71. The van der Waals surface area contributed by atoms with Gasteiger partial charge in [0.25, 0.3) is 5.91 Å². The molecule has 3 rings (SSSR count). The molecule has 1 amide bonds. The van der Waals surface area contributed by atoms with Crippen LogP contribution in [0.3, 0.4) is 0 Å². The Morgan fingerprint density at radius 2 is 1.80 bits per heavy atom. The van der Waals surface area contributed by atoms with Gasteiger partial charge in [0, 0.05) is 35.5 Å². The second-order valence-corrected chi connectivity index (χ2v) is 6.62. The predicted molar refractivity (Wildman–Crippen MR) is 105 cm³/mol. The van der Waals surface area contributed by atoms with E-state index in [2.05, 4.69) is 38.4 Å². The van der Waals surface area contributed by atoms with E-state index < -0.39 is 0 Å². The average molecular weight is 396 g/mol. The third-order valence-electron chi connectivity index (χ3n) is 3.76. The van der Waals surface area contributed by atoms with Gasteiger partial charge in [0.05, 0.1) is 0 Å². The van der Waals surface area contributed by atoms with Crippen LogP contribution in [0.25, 0.3) is 0 Å². The van der Waals surface area contributed by atoms with E-state index in [1.807, 2.05) is 54.4 Å². The third kappa shape index (κ3) is 4.67. The number of pyridine rings is 1. The van der Waals surface area contributed by atoms with Gasteiger partial charge in [0.1, 0.15) is 5.82 Å². The van der Waals surface area contributed by atoms with E-state index in [-0.39, 0.29) is 5.91 Å².